The summed E-state index contributed by atoms with van der Waals surface area (Å²) in [5.74, 6) is 0.556. The van der Waals surface area contributed by atoms with E-state index in [1.54, 1.807) is 0 Å². The lowest BCUT2D eigenvalue weighted by atomic mass is 9.95. The third-order valence-corrected chi connectivity index (χ3v) is 4.45. The van der Waals surface area contributed by atoms with E-state index in [1.807, 2.05) is 0 Å². The van der Waals surface area contributed by atoms with Crippen LogP contribution in [0.5, 0.6) is 0 Å². The van der Waals surface area contributed by atoms with Gasteiger partial charge in [0.2, 0.25) is 0 Å². The largest absolute Gasteiger partial charge is 0.508 e. The highest BCUT2D eigenvalue weighted by Gasteiger charge is 2.27. The van der Waals surface area contributed by atoms with Gasteiger partial charge in [-0.05, 0) is 31.6 Å². The fraction of sp³-hybridized carbons (Fsp3) is 0.889. The lowest BCUT2D eigenvalue weighted by Crippen LogP contribution is -2.31. The van der Waals surface area contributed by atoms with E-state index in [-0.39, 0.29) is 12.7 Å². The van der Waals surface area contributed by atoms with Crippen molar-refractivity contribution in [2.24, 2.45) is 5.92 Å². The summed E-state index contributed by atoms with van der Waals surface area (Å²) >= 11 is 0. The summed E-state index contributed by atoms with van der Waals surface area (Å²) in [6, 6.07) is 0. The lowest BCUT2D eigenvalue weighted by Gasteiger charge is -2.27. The molecule has 1 fully saturated rings. The number of ether oxygens (including phenoxy) is 4. The van der Waals surface area contributed by atoms with Gasteiger partial charge >= 0.3 is 12.3 Å². The maximum atomic E-state index is 11.7. The molecule has 7 nitrogen and oxygen atoms in total. The molecule has 0 amide bonds. The van der Waals surface area contributed by atoms with Gasteiger partial charge in [-0.25, -0.2) is 9.59 Å². The molecule has 0 heterocycles. The van der Waals surface area contributed by atoms with Crippen LogP contribution in [0.25, 0.3) is 0 Å². The minimum atomic E-state index is -1.30. The van der Waals surface area contributed by atoms with Gasteiger partial charge < -0.3 is 24.1 Å². The molecule has 0 aromatic carbocycles. The van der Waals surface area contributed by atoms with Crippen LogP contribution in [-0.2, 0) is 18.9 Å². The van der Waals surface area contributed by atoms with Crippen LogP contribution >= 0.6 is 0 Å². The van der Waals surface area contributed by atoms with Crippen molar-refractivity contribution in [2.45, 2.75) is 77.4 Å². The Morgan fingerprint density at radius 2 is 1.84 bits per heavy atom. The third-order valence-electron chi connectivity index (χ3n) is 4.45. The van der Waals surface area contributed by atoms with Crippen molar-refractivity contribution in [1.82, 2.24) is 0 Å². The van der Waals surface area contributed by atoms with E-state index in [9.17, 15) is 9.59 Å². The van der Waals surface area contributed by atoms with Gasteiger partial charge in [0.15, 0.2) is 0 Å². The van der Waals surface area contributed by atoms with Crippen LogP contribution in [0.15, 0.2) is 0 Å². The van der Waals surface area contributed by atoms with E-state index in [2.05, 4.69) is 13.8 Å². The molecule has 0 bridgehead atoms. The first-order valence-corrected chi connectivity index (χ1v) is 9.35. The van der Waals surface area contributed by atoms with Gasteiger partial charge in [0.25, 0.3) is 0 Å². The highest BCUT2D eigenvalue weighted by molar-refractivity contribution is 5.60. The first-order chi connectivity index (χ1) is 12.0. The van der Waals surface area contributed by atoms with Crippen molar-refractivity contribution in [2.75, 3.05) is 19.8 Å². The van der Waals surface area contributed by atoms with Crippen molar-refractivity contribution in [3.8, 4) is 0 Å². The molecule has 0 radical (unpaired) electrons. The number of rotatable bonds is 11. The Labute approximate surface area is 150 Å². The summed E-state index contributed by atoms with van der Waals surface area (Å²) in [5, 5.41) is 8.64. The van der Waals surface area contributed by atoms with Crippen molar-refractivity contribution in [3.05, 3.63) is 0 Å². The van der Waals surface area contributed by atoms with Gasteiger partial charge in [-0.15, -0.1) is 0 Å². The van der Waals surface area contributed by atoms with Gasteiger partial charge in [0.1, 0.15) is 18.8 Å². The van der Waals surface area contributed by atoms with Crippen molar-refractivity contribution >= 4 is 12.3 Å². The van der Waals surface area contributed by atoms with E-state index in [0.29, 0.717) is 38.4 Å². The summed E-state index contributed by atoms with van der Waals surface area (Å²) in [7, 11) is 0. The number of carbonyl (C=O) groups is 2. The van der Waals surface area contributed by atoms with Crippen LogP contribution in [0.1, 0.15) is 65.2 Å². The van der Waals surface area contributed by atoms with Crippen LogP contribution in [0.3, 0.4) is 0 Å². The zero-order valence-electron chi connectivity index (χ0n) is 15.4. The van der Waals surface area contributed by atoms with Crippen LogP contribution in [-0.4, -0.2) is 49.4 Å². The van der Waals surface area contributed by atoms with Gasteiger partial charge in [-0.1, -0.05) is 33.1 Å². The molecule has 1 aliphatic rings. The average Bonchev–Trinajstić information content (AvgIpc) is 2.57. The SMILES string of the molecule is CCCCC(CC)COCCOC(=O)OC1CCCC(OC(=O)O)C1. The molecule has 0 saturated heterocycles. The minimum absolute atomic E-state index is 0.158. The molecule has 25 heavy (non-hydrogen) atoms. The molecule has 0 aromatic rings. The Hall–Kier alpha value is -1.50. The lowest BCUT2D eigenvalue weighted by molar-refractivity contribution is -0.0342. The van der Waals surface area contributed by atoms with E-state index in [0.717, 1.165) is 19.3 Å². The fourth-order valence-electron chi connectivity index (χ4n) is 2.96. The zero-order valence-corrected chi connectivity index (χ0v) is 15.4. The quantitative estimate of drug-likeness (QED) is 0.432. The molecule has 1 aliphatic carbocycles. The third kappa shape index (κ3) is 10.2. The summed E-state index contributed by atoms with van der Waals surface area (Å²) in [5.41, 5.74) is 0. The predicted molar refractivity (Wildman–Crippen MR) is 91.7 cm³/mol. The van der Waals surface area contributed by atoms with Crippen molar-refractivity contribution < 1.29 is 33.6 Å². The molecule has 3 unspecified atom stereocenters. The Morgan fingerprint density at radius 3 is 2.48 bits per heavy atom. The van der Waals surface area contributed by atoms with E-state index >= 15 is 0 Å². The molecule has 0 aliphatic heterocycles. The summed E-state index contributed by atoms with van der Waals surface area (Å²) < 4.78 is 20.5. The summed E-state index contributed by atoms with van der Waals surface area (Å²) in [6.07, 6.45) is 4.34. The van der Waals surface area contributed by atoms with Crippen LogP contribution < -0.4 is 0 Å². The summed E-state index contributed by atoms with van der Waals surface area (Å²) in [6.45, 7) is 5.53. The van der Waals surface area contributed by atoms with E-state index in [4.69, 9.17) is 24.1 Å². The molecule has 0 aromatic heterocycles. The first kappa shape index (κ1) is 21.5. The second-order valence-electron chi connectivity index (χ2n) is 6.50. The molecule has 1 saturated carbocycles. The topological polar surface area (TPSA) is 91.3 Å². The zero-order chi connectivity index (χ0) is 18.5. The van der Waals surface area contributed by atoms with Crippen LogP contribution in [0.4, 0.5) is 9.59 Å². The molecule has 7 heteroatoms. The molecule has 3 atom stereocenters. The Kier molecular flexibility index (Phi) is 11.0. The van der Waals surface area contributed by atoms with Gasteiger partial charge in [0, 0.05) is 13.0 Å². The number of carbonyl (C=O) groups excluding carboxylic acids is 1. The first-order valence-electron chi connectivity index (χ1n) is 9.35. The number of hydrogen-bond donors (Lipinski definition) is 1. The molecule has 146 valence electrons. The van der Waals surface area contributed by atoms with Crippen molar-refractivity contribution in [1.29, 1.82) is 0 Å². The maximum absolute atomic E-state index is 11.7. The van der Waals surface area contributed by atoms with Crippen LogP contribution in [0, 0.1) is 5.92 Å². The van der Waals surface area contributed by atoms with E-state index < -0.39 is 18.4 Å². The molecular formula is C18H32O7. The minimum Gasteiger partial charge on any atom is -0.450 e. The summed E-state index contributed by atoms with van der Waals surface area (Å²) in [4.78, 5) is 22.2. The fourth-order valence-corrected chi connectivity index (χ4v) is 2.96. The molecular weight excluding hydrogens is 328 g/mol. The highest BCUT2D eigenvalue weighted by atomic mass is 16.7. The second-order valence-corrected chi connectivity index (χ2v) is 6.50. The molecule has 1 N–H and O–H groups in total. The molecule has 0 spiro atoms. The Balaban J connectivity index is 2.11. The second kappa shape index (κ2) is 12.8. The normalized spacial score (nSPS) is 21.4. The Morgan fingerprint density at radius 1 is 1.12 bits per heavy atom. The monoisotopic (exact) mass is 360 g/mol. The predicted octanol–water partition coefficient (Wildman–Crippen LogP) is 4.38. The number of hydrogen-bond acceptors (Lipinski definition) is 6. The maximum Gasteiger partial charge on any atom is 0.508 e. The highest BCUT2D eigenvalue weighted by Crippen LogP contribution is 2.24. The Bertz CT molecular complexity index is 386. The number of carboxylic acid groups (broad SMARTS) is 1. The van der Waals surface area contributed by atoms with Crippen LogP contribution in [0.2, 0.25) is 0 Å². The smallest absolute Gasteiger partial charge is 0.450 e. The van der Waals surface area contributed by atoms with Gasteiger partial charge in [-0.2, -0.15) is 0 Å². The van der Waals surface area contributed by atoms with Crippen molar-refractivity contribution in [3.63, 3.8) is 0 Å². The average molecular weight is 360 g/mol. The molecule has 1 rings (SSSR count). The van der Waals surface area contributed by atoms with Gasteiger partial charge in [-0.3, -0.25) is 0 Å². The van der Waals surface area contributed by atoms with E-state index in [1.165, 1.54) is 12.8 Å². The number of unbranched alkanes of at least 4 members (excludes halogenated alkanes) is 1. The standard InChI is InChI=1S/C18H32O7/c1-3-5-7-14(4-2)13-22-10-11-23-18(21)25-16-9-6-8-15(12-16)24-17(19)20/h14-16H,3-13H2,1-2H3,(H,19,20). The van der Waals surface area contributed by atoms with Gasteiger partial charge in [0.05, 0.1) is 6.61 Å².